The first-order valence-electron chi connectivity index (χ1n) is 29.8. The third-order valence-electron chi connectivity index (χ3n) is 17.6. The second-order valence-electron chi connectivity index (χ2n) is 22.6. The number of halogens is 4. The molecule has 0 nitrogen and oxygen atoms in total. The van der Waals surface area contributed by atoms with Crippen LogP contribution in [-0.2, 0) is 56.4 Å². The third-order valence-corrected chi connectivity index (χ3v) is 132. The van der Waals surface area contributed by atoms with Crippen molar-refractivity contribution in [1.29, 1.82) is 0 Å². The van der Waals surface area contributed by atoms with Gasteiger partial charge in [0.25, 0.3) is 0 Å². The van der Waals surface area contributed by atoms with Gasteiger partial charge in [0.2, 0.25) is 0 Å². The van der Waals surface area contributed by atoms with Crippen molar-refractivity contribution in [3.63, 3.8) is 0 Å². The Kier molecular flexibility index (Phi) is 20.6. The van der Waals surface area contributed by atoms with E-state index in [0.29, 0.717) is 49.6 Å². The van der Waals surface area contributed by atoms with Gasteiger partial charge in [0, 0.05) is 0 Å². The van der Waals surface area contributed by atoms with E-state index < -0.39 is 31.0 Å². The van der Waals surface area contributed by atoms with Gasteiger partial charge in [0.1, 0.15) is 0 Å². The van der Waals surface area contributed by atoms with Crippen LogP contribution in [0, 0.1) is 0 Å². The molecule has 0 aliphatic carbocycles. The molecule has 0 unspecified atom stereocenters. The van der Waals surface area contributed by atoms with Crippen molar-refractivity contribution in [2.45, 2.75) is 37.0 Å². The average molecular weight is 1400 g/mol. The Morgan fingerprint density at radius 2 is 0.318 bits per heavy atom. The van der Waals surface area contributed by atoms with E-state index in [2.05, 4.69) is 364 Å². The fraction of sp³-hybridized carbons (Fsp3) is 0.0769. The van der Waals surface area contributed by atoms with Gasteiger partial charge in [0.15, 0.2) is 0 Å². The summed E-state index contributed by atoms with van der Waals surface area (Å²) in [5, 5.41) is 7.50. The number of hydrogen-bond donors (Lipinski definition) is 0. The number of hydrogen-bond acceptors (Lipinski definition) is 0. The second kappa shape index (κ2) is 28.3. The summed E-state index contributed by atoms with van der Waals surface area (Å²) in [6.45, 7) is -6.34. The number of benzene rings is 12. The molecule has 0 spiro atoms. The van der Waals surface area contributed by atoms with Gasteiger partial charge in [0.05, 0.1) is 0 Å². The molecule has 12 aromatic carbocycles. The van der Waals surface area contributed by atoms with Gasteiger partial charge in [-0.25, -0.2) is 0 Å². The first kappa shape index (κ1) is 64.1. The van der Waals surface area contributed by atoms with Crippen molar-refractivity contribution >= 4 is 96.7 Å². The minimum absolute atomic E-state index is 0.569. The quantitative estimate of drug-likeness (QED) is 0.0469. The maximum atomic E-state index is 12.4. The summed E-state index contributed by atoms with van der Waals surface area (Å²) < 4.78 is 0. The summed E-state index contributed by atoms with van der Waals surface area (Å²) in [6, 6.07) is 123. The van der Waals surface area contributed by atoms with Crippen LogP contribution in [0.3, 0.4) is 0 Å². The van der Waals surface area contributed by atoms with Gasteiger partial charge in [-0.3, -0.25) is 0 Å². The van der Waals surface area contributed by atoms with Gasteiger partial charge in [-0.2, -0.15) is 0 Å². The van der Waals surface area contributed by atoms with E-state index in [1.54, 1.807) is 0 Å². The zero-order valence-electron chi connectivity index (χ0n) is 49.0. The monoisotopic (exact) mass is 1390 g/mol. The predicted molar refractivity (Wildman–Crippen MR) is 394 cm³/mol. The first-order chi connectivity index (χ1) is 43.1. The van der Waals surface area contributed by atoms with Crippen LogP contribution in [0.4, 0.5) is 0 Å². The Morgan fingerprint density at radius 3 is 0.443 bits per heavy atom. The first-order valence-corrected chi connectivity index (χ1v) is 49.7. The molecule has 12 aromatic rings. The Hall–Kier alpha value is -5.49. The van der Waals surface area contributed by atoms with Crippen molar-refractivity contribution < 1.29 is 19.5 Å². The van der Waals surface area contributed by atoms with E-state index in [0.717, 1.165) is 0 Å². The molecule has 0 aromatic heterocycles. The SMILES string of the molecule is [Cl][Ni]([Cl])([PH](Cc1ccccc1)(Cc1ccccc1)Cc1ccccc1)([PH](Cc1ccccc1)(Cc1ccccc1)Cc1ccccc1)([PH](c1ccccc1)(c1ccccc1)c1ccccc1)[PH](c1ccccc1)(c1ccccc1)c1ccccc1.[Cl][Ni][Cl]. The normalized spacial score (nSPS) is 13.6. The third kappa shape index (κ3) is 10.9. The summed E-state index contributed by atoms with van der Waals surface area (Å²) in [5.41, 5.74) is 7.61. The van der Waals surface area contributed by atoms with E-state index in [1.165, 1.54) is 65.2 Å². The van der Waals surface area contributed by atoms with Crippen molar-refractivity contribution in [2.75, 3.05) is 0 Å². The fourth-order valence-electron chi connectivity index (χ4n) is 14.5. The van der Waals surface area contributed by atoms with Gasteiger partial charge in [-0.15, -0.1) is 0 Å². The molecule has 10 heteroatoms. The Morgan fingerprint density at radius 1 is 0.205 bits per heavy atom. The van der Waals surface area contributed by atoms with Crippen LogP contribution in [0.15, 0.2) is 364 Å². The summed E-state index contributed by atoms with van der Waals surface area (Å²) in [7, 11) is 34.2. The molecule has 88 heavy (non-hydrogen) atoms. The molecular formula is C78H76Cl4Ni2P4. The Labute approximate surface area is 545 Å². The van der Waals surface area contributed by atoms with Crippen molar-refractivity contribution in [2.24, 2.45) is 0 Å². The van der Waals surface area contributed by atoms with Gasteiger partial charge < -0.3 is 0 Å². The summed E-state index contributed by atoms with van der Waals surface area (Å²) in [6.07, 6.45) is 4.20. The zero-order valence-corrected chi connectivity index (χ0v) is 58.0. The number of rotatable bonds is 22. The van der Waals surface area contributed by atoms with Crippen LogP contribution in [0.25, 0.3) is 0 Å². The van der Waals surface area contributed by atoms with Crippen LogP contribution in [0.1, 0.15) is 33.4 Å². The molecule has 0 amide bonds. The van der Waals surface area contributed by atoms with E-state index >= 15 is 0 Å². The summed E-state index contributed by atoms with van der Waals surface area (Å²) in [4.78, 5) is 0. The molecule has 0 fully saturated rings. The molecule has 0 bridgehead atoms. The van der Waals surface area contributed by atoms with Crippen LogP contribution in [-0.4, -0.2) is 0 Å². The molecule has 0 atom stereocenters. The van der Waals surface area contributed by atoms with E-state index in [-0.39, 0.29) is 0 Å². The molecule has 0 saturated carbocycles. The summed E-state index contributed by atoms with van der Waals surface area (Å²) >= 11 is 0.569. The average Bonchev–Trinajstić information content (AvgIpc) is 0.583. The molecular weight excluding hydrogens is 1320 g/mol. The maximum absolute atomic E-state index is 12.4. The molecule has 0 radical (unpaired) electrons. The molecule has 0 N–H and O–H groups in total. The van der Waals surface area contributed by atoms with E-state index in [9.17, 15) is 20.4 Å². The van der Waals surface area contributed by atoms with Crippen LogP contribution >= 0.6 is 64.9 Å². The predicted octanol–water partition coefficient (Wildman–Crippen LogP) is 20.7. The minimum atomic E-state index is -6.34. The van der Waals surface area contributed by atoms with Crippen molar-refractivity contribution in [3.8, 4) is 0 Å². The van der Waals surface area contributed by atoms with Gasteiger partial charge in [-0.05, 0) is 0 Å². The van der Waals surface area contributed by atoms with Crippen molar-refractivity contribution in [1.82, 2.24) is 0 Å². The zero-order chi connectivity index (χ0) is 60.7. The molecule has 12 rings (SSSR count). The van der Waals surface area contributed by atoms with Gasteiger partial charge in [-0.1, -0.05) is 0 Å². The second-order valence-corrected chi connectivity index (χ2v) is 83.4. The van der Waals surface area contributed by atoms with Crippen molar-refractivity contribution in [3.05, 3.63) is 397 Å². The van der Waals surface area contributed by atoms with E-state index in [1.807, 2.05) is 0 Å². The Balaban J connectivity index is 0.00000262. The van der Waals surface area contributed by atoms with Crippen LogP contribution < -0.4 is 31.8 Å². The molecule has 456 valence electrons. The molecule has 0 heterocycles. The molecule has 0 saturated heterocycles. The molecule has 0 aliphatic heterocycles. The standard InChI is InChI=1S/2C21H21P.2C18H15P.4ClH.2Ni/c2*1-4-10-19(11-5-1)16-22(17-20-12-6-2-7-13-20)18-21-14-8-3-9-15-21;2*1-4-10-16(11-5-1)19(17-12-6-2-7-13-17)18-14-8-3-9-15-18;;;;;;/h2*1-15H,16-18H2;2*1-15H;4*1H;;/q;;;;;;;;-2;+2. The van der Waals surface area contributed by atoms with Crippen LogP contribution in [0.5, 0.6) is 0 Å². The van der Waals surface area contributed by atoms with E-state index in [4.69, 9.17) is 20.4 Å². The van der Waals surface area contributed by atoms with Gasteiger partial charge >= 0.3 is 551 Å². The topological polar surface area (TPSA) is 0 Å². The molecule has 0 aliphatic rings. The summed E-state index contributed by atoms with van der Waals surface area (Å²) in [5.74, 6) is 0. The fourth-order valence-corrected chi connectivity index (χ4v) is 161. The Bertz CT molecular complexity index is 3410. The van der Waals surface area contributed by atoms with Crippen LogP contribution in [0.2, 0.25) is 0 Å².